The first kappa shape index (κ1) is 11.4. The molecule has 3 nitrogen and oxygen atoms in total. The van der Waals surface area contributed by atoms with Gasteiger partial charge in [-0.2, -0.15) is 0 Å². The third-order valence-corrected chi connectivity index (χ3v) is 2.34. The fourth-order valence-corrected chi connectivity index (χ4v) is 1.61. The smallest absolute Gasteiger partial charge is 0.199 e. The summed E-state index contributed by atoms with van der Waals surface area (Å²) in [4.78, 5) is 25.4. The van der Waals surface area contributed by atoms with E-state index in [4.69, 9.17) is 0 Å². The summed E-state index contributed by atoms with van der Waals surface area (Å²) in [7, 11) is 0. The molecule has 15 heavy (non-hydrogen) atoms. The van der Waals surface area contributed by atoms with Crippen molar-refractivity contribution in [1.29, 1.82) is 0 Å². The number of hydrogen-bond acceptors (Lipinski definition) is 2. The van der Waals surface area contributed by atoms with Crippen LogP contribution in [0, 0.1) is 6.92 Å². The second-order valence-electron chi connectivity index (χ2n) is 3.49. The quantitative estimate of drug-likeness (QED) is 0.770. The van der Waals surface area contributed by atoms with Gasteiger partial charge < -0.3 is 4.98 Å². The van der Waals surface area contributed by atoms with E-state index in [1.54, 1.807) is 0 Å². The van der Waals surface area contributed by atoms with Crippen molar-refractivity contribution in [3.05, 3.63) is 39.3 Å². The molecule has 0 aromatic carbocycles. The van der Waals surface area contributed by atoms with Gasteiger partial charge in [0.05, 0.1) is 5.56 Å². The number of pyridine rings is 1. The van der Waals surface area contributed by atoms with Gasteiger partial charge in [0.1, 0.15) is 0 Å². The molecule has 0 atom stereocenters. The average molecular weight is 205 g/mol. The highest BCUT2D eigenvalue weighted by Crippen LogP contribution is 2.13. The minimum Gasteiger partial charge on any atom is -0.364 e. The molecule has 0 saturated carbocycles. The van der Waals surface area contributed by atoms with Gasteiger partial charge in [0, 0.05) is 17.5 Å². The normalized spacial score (nSPS) is 11.5. The van der Waals surface area contributed by atoms with Crippen LogP contribution < -0.4 is 5.43 Å². The molecular formula is C12H15NO2. The summed E-state index contributed by atoms with van der Waals surface area (Å²) in [5.74, 6) is 0. The fourth-order valence-electron chi connectivity index (χ4n) is 1.61. The van der Waals surface area contributed by atoms with Gasteiger partial charge in [0.25, 0.3) is 0 Å². The summed E-state index contributed by atoms with van der Waals surface area (Å²) in [5.41, 5.74) is 2.32. The molecule has 1 aromatic heterocycles. The Morgan fingerprint density at radius 3 is 2.73 bits per heavy atom. The maximum absolute atomic E-state index is 11.8. The van der Waals surface area contributed by atoms with Crippen LogP contribution in [0.4, 0.5) is 0 Å². The van der Waals surface area contributed by atoms with E-state index in [1.165, 1.54) is 6.20 Å². The highest BCUT2D eigenvalue weighted by Gasteiger charge is 2.09. The number of rotatable bonds is 3. The number of carbonyl (C=O) groups is 1. The van der Waals surface area contributed by atoms with Crippen LogP contribution in [0.25, 0.3) is 5.57 Å². The van der Waals surface area contributed by atoms with Crippen LogP contribution in [-0.4, -0.2) is 11.3 Å². The largest absolute Gasteiger partial charge is 0.364 e. The van der Waals surface area contributed by atoms with Crippen LogP contribution in [0.1, 0.15) is 41.9 Å². The molecule has 1 aromatic rings. The molecule has 1 heterocycles. The van der Waals surface area contributed by atoms with Crippen LogP contribution in [0.3, 0.4) is 0 Å². The highest BCUT2D eigenvalue weighted by atomic mass is 16.1. The summed E-state index contributed by atoms with van der Waals surface area (Å²) in [5, 5.41) is 0. The van der Waals surface area contributed by atoms with Gasteiger partial charge in [-0.1, -0.05) is 13.0 Å². The first-order valence-electron chi connectivity index (χ1n) is 4.96. The Morgan fingerprint density at radius 2 is 2.20 bits per heavy atom. The van der Waals surface area contributed by atoms with Gasteiger partial charge in [-0.15, -0.1) is 0 Å². The molecule has 0 spiro atoms. The Bertz CT molecular complexity index is 455. The second-order valence-corrected chi connectivity index (χ2v) is 3.49. The molecule has 1 N–H and O–H groups in total. The Morgan fingerprint density at radius 1 is 1.53 bits per heavy atom. The molecule has 0 aliphatic rings. The van der Waals surface area contributed by atoms with Gasteiger partial charge in [0.15, 0.2) is 11.7 Å². The maximum atomic E-state index is 11.8. The fraction of sp³-hybridized carbons (Fsp3) is 0.333. The third-order valence-electron chi connectivity index (χ3n) is 2.34. The monoisotopic (exact) mass is 205 g/mol. The third kappa shape index (κ3) is 2.24. The number of aromatic amines is 1. The zero-order valence-corrected chi connectivity index (χ0v) is 9.26. The lowest BCUT2D eigenvalue weighted by Crippen LogP contribution is -2.15. The van der Waals surface area contributed by atoms with E-state index in [0.29, 0.717) is 11.8 Å². The molecule has 3 heteroatoms. The van der Waals surface area contributed by atoms with E-state index in [2.05, 4.69) is 4.98 Å². The molecule has 0 saturated heterocycles. The number of aromatic nitrogens is 1. The number of hydrogen-bond donors (Lipinski definition) is 1. The summed E-state index contributed by atoms with van der Waals surface area (Å²) in [6.07, 6.45) is 4.89. The van der Waals surface area contributed by atoms with Gasteiger partial charge >= 0.3 is 0 Å². The Hall–Kier alpha value is -1.64. The van der Waals surface area contributed by atoms with Crippen LogP contribution in [0.5, 0.6) is 0 Å². The maximum Gasteiger partial charge on any atom is 0.199 e. The van der Waals surface area contributed by atoms with Crippen molar-refractivity contribution in [1.82, 2.24) is 4.98 Å². The predicted molar refractivity (Wildman–Crippen MR) is 61.1 cm³/mol. The Balaban J connectivity index is 3.46. The summed E-state index contributed by atoms with van der Waals surface area (Å²) >= 11 is 0. The molecule has 0 aliphatic carbocycles. The van der Waals surface area contributed by atoms with Crippen molar-refractivity contribution in [3.8, 4) is 0 Å². The molecule has 0 amide bonds. The number of H-pyrrole nitrogens is 1. The highest BCUT2D eigenvalue weighted by molar-refractivity contribution is 5.77. The molecule has 1 rings (SSSR count). The predicted octanol–water partition coefficient (Wildman–Crippen LogP) is 2.31. The van der Waals surface area contributed by atoms with E-state index in [1.807, 2.05) is 26.8 Å². The van der Waals surface area contributed by atoms with Crippen molar-refractivity contribution in [2.45, 2.75) is 27.2 Å². The first-order valence-corrected chi connectivity index (χ1v) is 4.96. The molecule has 0 fully saturated rings. The van der Waals surface area contributed by atoms with Crippen molar-refractivity contribution in [2.24, 2.45) is 0 Å². The minimum absolute atomic E-state index is 0.180. The van der Waals surface area contributed by atoms with Gasteiger partial charge in [-0.3, -0.25) is 9.59 Å². The van der Waals surface area contributed by atoms with Crippen LogP contribution in [-0.2, 0) is 0 Å². The number of allylic oxidation sites excluding steroid dienone is 2. The van der Waals surface area contributed by atoms with E-state index < -0.39 is 0 Å². The van der Waals surface area contributed by atoms with Crippen LogP contribution >= 0.6 is 0 Å². The van der Waals surface area contributed by atoms with Crippen molar-refractivity contribution in [2.75, 3.05) is 0 Å². The van der Waals surface area contributed by atoms with Gasteiger partial charge in [-0.05, 0) is 25.8 Å². The standard InChI is InChI=1S/C12H15NO2/c1-4-5-8(2)11-9(3)13-6-10(7-14)12(11)15/h5-7H,4H2,1-3H3,(H,13,15)/b8-5-. The topological polar surface area (TPSA) is 49.9 Å². The van der Waals surface area contributed by atoms with E-state index >= 15 is 0 Å². The molecule has 0 bridgehead atoms. The zero-order valence-electron chi connectivity index (χ0n) is 9.26. The molecule has 0 radical (unpaired) electrons. The summed E-state index contributed by atoms with van der Waals surface area (Å²) < 4.78 is 0. The summed E-state index contributed by atoms with van der Waals surface area (Å²) in [6.45, 7) is 5.73. The molecule has 80 valence electrons. The van der Waals surface area contributed by atoms with Gasteiger partial charge in [-0.25, -0.2) is 0 Å². The van der Waals surface area contributed by atoms with Crippen LogP contribution in [0.15, 0.2) is 17.1 Å². The number of carbonyl (C=O) groups excluding carboxylic acids is 1. The molecule has 0 unspecified atom stereocenters. The lowest BCUT2D eigenvalue weighted by molar-refractivity contribution is 0.112. The lowest BCUT2D eigenvalue weighted by Gasteiger charge is -2.05. The van der Waals surface area contributed by atoms with E-state index in [-0.39, 0.29) is 11.0 Å². The van der Waals surface area contributed by atoms with Crippen LogP contribution in [0.2, 0.25) is 0 Å². The zero-order chi connectivity index (χ0) is 11.4. The lowest BCUT2D eigenvalue weighted by atomic mass is 10.0. The van der Waals surface area contributed by atoms with E-state index in [0.717, 1.165) is 17.7 Å². The van der Waals surface area contributed by atoms with Crippen molar-refractivity contribution in [3.63, 3.8) is 0 Å². The van der Waals surface area contributed by atoms with Gasteiger partial charge in [0.2, 0.25) is 0 Å². The van der Waals surface area contributed by atoms with Crippen molar-refractivity contribution >= 4 is 11.9 Å². The Labute approximate surface area is 88.8 Å². The minimum atomic E-state index is -0.191. The number of aryl methyl sites for hydroxylation is 1. The first-order chi connectivity index (χ1) is 7.11. The molecular weight excluding hydrogens is 190 g/mol. The van der Waals surface area contributed by atoms with Crippen molar-refractivity contribution < 1.29 is 4.79 Å². The Kier molecular flexibility index (Phi) is 3.61. The number of aldehydes is 1. The van der Waals surface area contributed by atoms with E-state index in [9.17, 15) is 9.59 Å². The number of nitrogens with one attached hydrogen (secondary N) is 1. The summed E-state index contributed by atoms with van der Waals surface area (Å²) in [6, 6.07) is 0. The SMILES string of the molecule is CC/C=C(/C)c1c(C)[nH]cc(C=O)c1=O. The molecule has 0 aliphatic heterocycles. The second kappa shape index (κ2) is 4.73. The average Bonchev–Trinajstić information content (AvgIpc) is 2.18.